The summed E-state index contributed by atoms with van der Waals surface area (Å²) in [6, 6.07) is 0. The number of hydrogen-bond donors (Lipinski definition) is 2. The third kappa shape index (κ3) is 7.96. The zero-order chi connectivity index (χ0) is 24.1. The molecule has 0 amide bonds. The minimum Gasteiger partial charge on any atom is -0.400 e. The largest absolute Gasteiger partial charge is 0.400 e. The fraction of sp³-hybridized carbons (Fsp3) is 0.742. The van der Waals surface area contributed by atoms with E-state index in [-0.39, 0.29) is 6.10 Å². The molecule has 2 N–H and O–H groups in total. The quantitative estimate of drug-likeness (QED) is 0.298. The first kappa shape index (κ1) is 28.1. The molecule has 4 rings (SSSR count). The third-order valence-electron chi connectivity index (χ3n) is 8.39. The van der Waals surface area contributed by atoms with Crippen molar-refractivity contribution in [3.05, 3.63) is 47.6 Å². The second-order valence-electron chi connectivity index (χ2n) is 10.5. The first-order chi connectivity index (χ1) is 16.1. The molecule has 2 heteroatoms. The Labute approximate surface area is 205 Å². The summed E-state index contributed by atoms with van der Waals surface area (Å²) in [7, 11) is 1.00. The van der Waals surface area contributed by atoms with Crippen molar-refractivity contribution in [2.45, 2.75) is 123 Å². The summed E-state index contributed by atoms with van der Waals surface area (Å²) in [5, 5.41) is 17.0. The van der Waals surface area contributed by atoms with Crippen molar-refractivity contribution in [3.63, 3.8) is 0 Å². The second-order valence-corrected chi connectivity index (χ2v) is 10.5. The first-order valence-electron chi connectivity index (χ1n) is 14.0. The lowest BCUT2D eigenvalue weighted by Crippen LogP contribution is -2.32. The van der Waals surface area contributed by atoms with E-state index in [1.165, 1.54) is 89.0 Å². The van der Waals surface area contributed by atoms with Crippen molar-refractivity contribution in [1.29, 1.82) is 0 Å². The Balaban J connectivity index is 0.000000299. The van der Waals surface area contributed by atoms with E-state index in [2.05, 4.69) is 44.7 Å². The van der Waals surface area contributed by atoms with Gasteiger partial charge in [-0.15, -0.1) is 0 Å². The van der Waals surface area contributed by atoms with Crippen LogP contribution < -0.4 is 0 Å². The summed E-state index contributed by atoms with van der Waals surface area (Å²) in [4.78, 5) is 0. The summed E-state index contributed by atoms with van der Waals surface area (Å²) in [6.07, 6.45) is 30.1. The van der Waals surface area contributed by atoms with E-state index in [1.54, 1.807) is 5.57 Å². The molecule has 0 heterocycles. The molecule has 0 radical (unpaired) electrons. The number of hydrogen-bond acceptors (Lipinski definition) is 2. The van der Waals surface area contributed by atoms with Gasteiger partial charge in [0.2, 0.25) is 0 Å². The Bertz CT molecular complexity index is 666. The lowest BCUT2D eigenvalue weighted by Gasteiger charge is -2.42. The molecule has 0 bridgehead atoms. The van der Waals surface area contributed by atoms with E-state index >= 15 is 0 Å². The topological polar surface area (TPSA) is 40.5 Å². The van der Waals surface area contributed by atoms with Gasteiger partial charge in [0.15, 0.2) is 0 Å². The van der Waals surface area contributed by atoms with Crippen LogP contribution in [0.25, 0.3) is 0 Å². The lowest BCUT2D eigenvalue weighted by molar-refractivity contribution is 0.139. The van der Waals surface area contributed by atoms with Gasteiger partial charge in [-0.25, -0.2) is 0 Å². The van der Waals surface area contributed by atoms with E-state index in [1.807, 2.05) is 0 Å². The van der Waals surface area contributed by atoms with Crippen molar-refractivity contribution in [1.82, 2.24) is 0 Å². The van der Waals surface area contributed by atoms with Crippen LogP contribution in [-0.4, -0.2) is 23.4 Å². The SMILES string of the molecule is C=C1/C(=C\C=C2/CCCC3(C4CC4)CCCC23)CCCC1O.CC/C=C/CCCCC.CO. The smallest absolute Gasteiger partial charge is 0.0787 e. The molecule has 0 saturated heterocycles. The fourth-order valence-electron chi connectivity index (χ4n) is 6.53. The van der Waals surface area contributed by atoms with Gasteiger partial charge in [0.05, 0.1) is 6.10 Å². The van der Waals surface area contributed by atoms with Crippen LogP contribution in [0.15, 0.2) is 47.6 Å². The normalized spacial score (nSPS) is 31.7. The van der Waals surface area contributed by atoms with Crippen LogP contribution in [0, 0.1) is 17.3 Å². The van der Waals surface area contributed by atoms with Crippen LogP contribution in [0.3, 0.4) is 0 Å². The van der Waals surface area contributed by atoms with Gasteiger partial charge in [0, 0.05) is 7.11 Å². The van der Waals surface area contributed by atoms with E-state index < -0.39 is 0 Å². The van der Waals surface area contributed by atoms with Crippen LogP contribution in [-0.2, 0) is 0 Å². The average molecular weight is 457 g/mol. The average Bonchev–Trinajstić information content (AvgIpc) is 3.61. The highest BCUT2D eigenvalue weighted by molar-refractivity contribution is 5.37. The van der Waals surface area contributed by atoms with Crippen LogP contribution in [0.4, 0.5) is 0 Å². The number of allylic oxidation sites excluding steroid dienone is 5. The van der Waals surface area contributed by atoms with Crippen LogP contribution in [0.1, 0.15) is 117 Å². The molecule has 0 aliphatic heterocycles. The molecule has 0 aromatic carbocycles. The number of rotatable bonds is 7. The molecule has 3 unspecified atom stereocenters. The molecular formula is C31H52O2. The summed E-state index contributed by atoms with van der Waals surface area (Å²) >= 11 is 0. The van der Waals surface area contributed by atoms with E-state index in [4.69, 9.17) is 5.11 Å². The zero-order valence-electron chi connectivity index (χ0n) is 22.0. The van der Waals surface area contributed by atoms with Gasteiger partial charge >= 0.3 is 0 Å². The van der Waals surface area contributed by atoms with Gasteiger partial charge in [-0.2, -0.15) is 0 Å². The molecule has 4 saturated carbocycles. The first-order valence-corrected chi connectivity index (χ1v) is 14.0. The Hall–Kier alpha value is -1.12. The van der Waals surface area contributed by atoms with Crippen molar-refractivity contribution in [2.24, 2.45) is 17.3 Å². The molecule has 0 aromatic rings. The van der Waals surface area contributed by atoms with Crippen molar-refractivity contribution in [3.8, 4) is 0 Å². The number of fused-ring (bicyclic) bond motifs is 1. The maximum absolute atomic E-state index is 10.00. The van der Waals surface area contributed by atoms with E-state index in [0.717, 1.165) is 43.8 Å². The van der Waals surface area contributed by atoms with Gasteiger partial charge in [-0.05, 0) is 112 Å². The monoisotopic (exact) mass is 456 g/mol. The standard InChI is InChI=1S/C21H30O.C9H18.CH4O/c1-15-16(5-2-8-20(15)22)9-10-17-6-3-13-21(18-11-12-18)14-4-7-19(17)21;1-3-5-7-9-8-6-4-2;1-2/h9-10,18-20,22H,1-8,11-14H2;5,7H,3-4,6,8-9H2,1-2H3;2H,1H3/b16-9-,17-10+;7-5+;. The van der Waals surface area contributed by atoms with Crippen molar-refractivity contribution >= 4 is 0 Å². The Morgan fingerprint density at radius 1 is 0.909 bits per heavy atom. The molecule has 188 valence electrons. The van der Waals surface area contributed by atoms with Crippen molar-refractivity contribution in [2.75, 3.05) is 7.11 Å². The Kier molecular flexibility index (Phi) is 12.8. The van der Waals surface area contributed by atoms with Gasteiger partial charge < -0.3 is 10.2 Å². The molecular weight excluding hydrogens is 404 g/mol. The summed E-state index contributed by atoms with van der Waals surface area (Å²) in [5.74, 6) is 1.91. The van der Waals surface area contributed by atoms with Crippen LogP contribution in [0.5, 0.6) is 0 Å². The summed E-state index contributed by atoms with van der Waals surface area (Å²) in [6.45, 7) is 8.53. The number of aliphatic hydroxyl groups excluding tert-OH is 2. The second kappa shape index (κ2) is 15.0. The Morgan fingerprint density at radius 2 is 1.67 bits per heavy atom. The Morgan fingerprint density at radius 3 is 2.36 bits per heavy atom. The van der Waals surface area contributed by atoms with E-state index in [9.17, 15) is 5.11 Å². The van der Waals surface area contributed by atoms with Gasteiger partial charge in [0.25, 0.3) is 0 Å². The van der Waals surface area contributed by atoms with Crippen molar-refractivity contribution < 1.29 is 10.2 Å². The number of unbranched alkanes of at least 4 members (excludes halogenated alkanes) is 3. The fourth-order valence-corrected chi connectivity index (χ4v) is 6.53. The molecule has 4 aliphatic rings. The molecule has 2 nitrogen and oxygen atoms in total. The molecule has 4 aliphatic carbocycles. The molecule has 33 heavy (non-hydrogen) atoms. The van der Waals surface area contributed by atoms with Crippen LogP contribution >= 0.6 is 0 Å². The maximum atomic E-state index is 10.00. The zero-order valence-corrected chi connectivity index (χ0v) is 22.0. The van der Waals surface area contributed by atoms with Crippen LogP contribution in [0.2, 0.25) is 0 Å². The predicted molar refractivity (Wildman–Crippen MR) is 143 cm³/mol. The summed E-state index contributed by atoms with van der Waals surface area (Å²) < 4.78 is 0. The highest BCUT2D eigenvalue weighted by Crippen LogP contribution is 2.64. The molecule has 0 aromatic heterocycles. The minimum atomic E-state index is -0.304. The van der Waals surface area contributed by atoms with E-state index in [0.29, 0.717) is 5.41 Å². The molecule has 0 spiro atoms. The number of aliphatic hydroxyl groups is 2. The molecule has 4 fully saturated rings. The van der Waals surface area contributed by atoms with Gasteiger partial charge in [0.1, 0.15) is 0 Å². The lowest BCUT2D eigenvalue weighted by atomic mass is 9.63. The minimum absolute atomic E-state index is 0.304. The predicted octanol–water partition coefficient (Wildman–Crippen LogP) is 8.46. The highest BCUT2D eigenvalue weighted by Gasteiger charge is 2.54. The van der Waals surface area contributed by atoms with Gasteiger partial charge in [-0.3, -0.25) is 0 Å². The van der Waals surface area contributed by atoms with Gasteiger partial charge in [-0.1, -0.05) is 69.6 Å². The molecule has 3 atom stereocenters. The third-order valence-corrected chi connectivity index (χ3v) is 8.39. The summed E-state index contributed by atoms with van der Waals surface area (Å²) in [5.41, 5.74) is 4.67. The maximum Gasteiger partial charge on any atom is 0.0787 e. The highest BCUT2D eigenvalue weighted by atomic mass is 16.3.